The summed E-state index contributed by atoms with van der Waals surface area (Å²) in [5.74, 6) is 0.205. The standard InChI is InChI=1S/C19H25N3O3SSi/c1-27(2,3)17-20-9-16(26-17)19-13-22(10-15(19)12-25-21-19)18(23)24-11-14-7-5-4-6-8-14/h4-9,15,21H,10-13H2,1-3H3/t15?,19-/m0/s1. The zero-order valence-electron chi connectivity index (χ0n) is 15.9. The van der Waals surface area contributed by atoms with Crippen LogP contribution in [0, 0.1) is 5.92 Å². The van der Waals surface area contributed by atoms with Crippen molar-refractivity contribution in [1.82, 2.24) is 15.4 Å². The lowest BCUT2D eigenvalue weighted by atomic mass is 9.88. The summed E-state index contributed by atoms with van der Waals surface area (Å²) in [5, 5.41) is 0. The Kier molecular flexibility index (Phi) is 4.83. The monoisotopic (exact) mass is 403 g/mol. The summed E-state index contributed by atoms with van der Waals surface area (Å²) in [4.78, 5) is 25.8. The fraction of sp³-hybridized carbons (Fsp3) is 0.474. The van der Waals surface area contributed by atoms with Gasteiger partial charge in [0, 0.05) is 30.1 Å². The van der Waals surface area contributed by atoms with Crippen molar-refractivity contribution in [2.45, 2.75) is 31.8 Å². The van der Waals surface area contributed by atoms with Crippen LogP contribution < -0.4 is 10.1 Å². The van der Waals surface area contributed by atoms with Gasteiger partial charge in [-0.3, -0.25) is 4.98 Å². The van der Waals surface area contributed by atoms with Gasteiger partial charge in [0.2, 0.25) is 0 Å². The Morgan fingerprint density at radius 1 is 1.41 bits per heavy atom. The van der Waals surface area contributed by atoms with Crippen LogP contribution in [0.15, 0.2) is 36.5 Å². The first-order chi connectivity index (χ1) is 12.9. The van der Waals surface area contributed by atoms with E-state index < -0.39 is 8.07 Å². The van der Waals surface area contributed by atoms with Gasteiger partial charge in [0.1, 0.15) is 20.2 Å². The minimum absolute atomic E-state index is 0.205. The van der Waals surface area contributed by atoms with Crippen molar-refractivity contribution in [2.24, 2.45) is 5.92 Å². The molecule has 1 N–H and O–H groups in total. The number of hydrogen-bond donors (Lipinski definition) is 1. The van der Waals surface area contributed by atoms with E-state index in [1.165, 1.54) is 4.63 Å². The third-order valence-corrected chi connectivity index (χ3v) is 9.71. The highest BCUT2D eigenvalue weighted by atomic mass is 32.1. The van der Waals surface area contributed by atoms with E-state index >= 15 is 0 Å². The predicted octanol–water partition coefficient (Wildman–Crippen LogP) is 2.69. The summed E-state index contributed by atoms with van der Waals surface area (Å²) in [6.07, 6.45) is 1.69. The molecule has 1 unspecified atom stereocenters. The highest BCUT2D eigenvalue weighted by molar-refractivity contribution is 7.25. The maximum atomic E-state index is 12.6. The second-order valence-corrected chi connectivity index (χ2v) is 14.6. The molecule has 1 aromatic carbocycles. The molecule has 1 aromatic heterocycles. The molecule has 6 nitrogen and oxygen atoms in total. The molecule has 2 saturated heterocycles. The number of rotatable bonds is 4. The average molecular weight is 404 g/mol. The molecular formula is C19H25N3O3SSi. The molecule has 27 heavy (non-hydrogen) atoms. The van der Waals surface area contributed by atoms with Crippen molar-refractivity contribution < 1.29 is 14.4 Å². The smallest absolute Gasteiger partial charge is 0.410 e. The zero-order valence-corrected chi connectivity index (χ0v) is 17.7. The molecule has 0 spiro atoms. The number of benzene rings is 1. The molecule has 0 aliphatic carbocycles. The van der Waals surface area contributed by atoms with Crippen LogP contribution in [0.25, 0.3) is 0 Å². The van der Waals surface area contributed by atoms with Gasteiger partial charge in [0.05, 0.1) is 11.2 Å². The van der Waals surface area contributed by atoms with Gasteiger partial charge in [-0.1, -0.05) is 50.0 Å². The molecule has 4 rings (SSSR count). The van der Waals surface area contributed by atoms with Gasteiger partial charge in [-0.05, 0) is 5.56 Å². The largest absolute Gasteiger partial charge is 0.445 e. The van der Waals surface area contributed by atoms with Crippen LogP contribution in [0.5, 0.6) is 0 Å². The Balaban J connectivity index is 1.48. The first-order valence-corrected chi connectivity index (χ1v) is 13.5. The van der Waals surface area contributed by atoms with Gasteiger partial charge in [-0.2, -0.15) is 5.48 Å². The molecule has 0 bridgehead atoms. The van der Waals surface area contributed by atoms with E-state index in [-0.39, 0.29) is 24.2 Å². The first-order valence-electron chi connectivity index (χ1n) is 9.20. The third kappa shape index (κ3) is 3.54. The molecule has 0 radical (unpaired) electrons. The Hall–Kier alpha value is -1.74. The fourth-order valence-corrected chi connectivity index (χ4v) is 6.48. The molecule has 2 aliphatic rings. The number of nitrogens with one attached hydrogen (secondary N) is 1. The van der Waals surface area contributed by atoms with Gasteiger partial charge in [-0.15, -0.1) is 11.3 Å². The Labute approximate surface area is 164 Å². The molecule has 2 aliphatic heterocycles. The Morgan fingerprint density at radius 2 is 2.19 bits per heavy atom. The summed E-state index contributed by atoms with van der Waals surface area (Å²) >= 11 is 1.76. The van der Waals surface area contributed by atoms with Crippen molar-refractivity contribution in [1.29, 1.82) is 0 Å². The SMILES string of the molecule is C[Si](C)(C)c1ncc([C@]23CN(C(=O)OCc4ccccc4)CC2CON3)s1. The quantitative estimate of drug-likeness (QED) is 0.795. The molecule has 144 valence electrons. The number of likely N-dealkylation sites (tertiary alicyclic amines) is 1. The van der Waals surface area contributed by atoms with Crippen LogP contribution >= 0.6 is 11.3 Å². The molecule has 8 heteroatoms. The van der Waals surface area contributed by atoms with Crippen molar-refractivity contribution in [3.05, 3.63) is 47.0 Å². The van der Waals surface area contributed by atoms with Crippen LogP contribution in [0.1, 0.15) is 10.4 Å². The van der Waals surface area contributed by atoms with E-state index in [1.807, 2.05) is 36.5 Å². The second-order valence-electron chi connectivity index (χ2n) is 8.28. The predicted molar refractivity (Wildman–Crippen MR) is 108 cm³/mol. The third-order valence-electron chi connectivity index (χ3n) is 5.17. The van der Waals surface area contributed by atoms with Gasteiger partial charge in [-0.25, -0.2) is 4.79 Å². The van der Waals surface area contributed by atoms with Crippen LogP contribution in [0.3, 0.4) is 0 Å². The normalized spacial score (nSPS) is 24.9. The van der Waals surface area contributed by atoms with Crippen molar-refractivity contribution in [2.75, 3.05) is 19.7 Å². The number of ether oxygens (including phenoxy) is 1. The zero-order chi connectivity index (χ0) is 19.1. The number of amides is 1. The van der Waals surface area contributed by atoms with Gasteiger partial charge in [0.25, 0.3) is 0 Å². The molecular weight excluding hydrogens is 378 g/mol. The summed E-state index contributed by atoms with van der Waals surface area (Å²) < 4.78 is 6.76. The van der Waals surface area contributed by atoms with Gasteiger partial charge < -0.3 is 14.5 Å². The molecule has 2 aromatic rings. The number of hydrogen-bond acceptors (Lipinski definition) is 6. The van der Waals surface area contributed by atoms with Crippen LogP contribution in [0.2, 0.25) is 19.6 Å². The van der Waals surface area contributed by atoms with Gasteiger partial charge >= 0.3 is 6.09 Å². The Bertz CT molecular complexity index is 823. The number of hydroxylamine groups is 1. The highest BCUT2D eigenvalue weighted by Crippen LogP contribution is 2.42. The summed E-state index contributed by atoms with van der Waals surface area (Å²) in [5.41, 5.74) is 3.82. The maximum Gasteiger partial charge on any atom is 0.410 e. The summed E-state index contributed by atoms with van der Waals surface area (Å²) in [6.45, 7) is 8.93. The lowest BCUT2D eigenvalue weighted by molar-refractivity contribution is 0.0433. The molecule has 2 fully saturated rings. The minimum Gasteiger partial charge on any atom is -0.445 e. The van der Waals surface area contributed by atoms with Crippen LogP contribution in [-0.2, 0) is 21.7 Å². The number of thiazole rings is 1. The number of aromatic nitrogens is 1. The fourth-order valence-electron chi connectivity index (χ4n) is 3.60. The maximum absolute atomic E-state index is 12.6. The average Bonchev–Trinajstić information content (AvgIpc) is 3.33. The highest BCUT2D eigenvalue weighted by Gasteiger charge is 2.55. The molecule has 3 heterocycles. The number of carbonyl (C=O) groups is 1. The summed E-state index contributed by atoms with van der Waals surface area (Å²) in [7, 11) is -1.47. The number of nitrogens with zero attached hydrogens (tertiary/aromatic N) is 2. The number of carbonyl (C=O) groups excluding carboxylic acids is 1. The Morgan fingerprint density at radius 3 is 2.89 bits per heavy atom. The van der Waals surface area contributed by atoms with Crippen molar-refractivity contribution in [3.8, 4) is 0 Å². The lowest BCUT2D eigenvalue weighted by Gasteiger charge is -2.25. The second kappa shape index (κ2) is 7.01. The van der Waals surface area contributed by atoms with Crippen LogP contribution in [0.4, 0.5) is 4.79 Å². The van der Waals surface area contributed by atoms with E-state index in [9.17, 15) is 4.79 Å². The van der Waals surface area contributed by atoms with Crippen molar-refractivity contribution >= 4 is 30.1 Å². The van der Waals surface area contributed by atoms with E-state index in [4.69, 9.17) is 9.57 Å². The topological polar surface area (TPSA) is 63.7 Å². The lowest BCUT2D eigenvalue weighted by Crippen LogP contribution is -2.43. The summed E-state index contributed by atoms with van der Waals surface area (Å²) in [6, 6.07) is 9.75. The number of fused-ring (bicyclic) bond motifs is 1. The molecule has 2 atom stereocenters. The van der Waals surface area contributed by atoms with E-state index in [2.05, 4.69) is 30.1 Å². The van der Waals surface area contributed by atoms with Crippen LogP contribution in [-0.4, -0.2) is 43.7 Å². The minimum atomic E-state index is -1.47. The van der Waals surface area contributed by atoms with E-state index in [0.717, 1.165) is 10.4 Å². The van der Waals surface area contributed by atoms with E-state index in [1.54, 1.807) is 16.2 Å². The van der Waals surface area contributed by atoms with Crippen molar-refractivity contribution in [3.63, 3.8) is 0 Å². The van der Waals surface area contributed by atoms with E-state index in [0.29, 0.717) is 19.7 Å². The molecule has 0 saturated carbocycles. The van der Waals surface area contributed by atoms with Gasteiger partial charge in [0.15, 0.2) is 0 Å². The first kappa shape index (κ1) is 18.6. The molecule has 1 amide bonds.